The molecule has 0 aliphatic rings. The zero-order chi connectivity index (χ0) is 3.58. The second-order valence-corrected chi connectivity index (χ2v) is 12.9. The molecule has 0 nitrogen and oxygen atoms in total. The van der Waals surface area contributed by atoms with Gasteiger partial charge in [-0.05, 0) is 0 Å². The summed E-state index contributed by atoms with van der Waals surface area (Å²) in [6, 6.07) is 0. The quantitative estimate of drug-likeness (QED) is 0.582. The van der Waals surface area contributed by atoms with E-state index in [1.165, 1.54) is 0 Å². The Morgan fingerprint density at radius 3 is 1.00 bits per heavy atom. The van der Waals surface area contributed by atoms with E-state index in [4.69, 9.17) is 26.8 Å². The van der Waals surface area contributed by atoms with E-state index < -0.39 is 16.4 Å². The van der Waals surface area contributed by atoms with Crippen LogP contribution in [0, 0.1) is 0 Å². The largest absolute Gasteiger partial charge is 0 e. The van der Waals surface area contributed by atoms with E-state index in [9.17, 15) is 0 Å². The SMILES string of the molecule is [Cl][Sn]([Cl])[Cl].[Sn]. The van der Waals surface area contributed by atoms with Gasteiger partial charge in [0.15, 0.2) is 0 Å². The topological polar surface area (TPSA) is 0 Å². The first-order valence-electron chi connectivity index (χ1n) is 0.567. The van der Waals surface area contributed by atoms with Gasteiger partial charge in [0.1, 0.15) is 0 Å². The standard InChI is InChI=1S/3ClH.2Sn/h3*1H;;/q;;;;+3/p-3. The number of hydrogen-bond donors (Lipinski definition) is 0. The molecule has 5 heavy (non-hydrogen) atoms. The predicted molar refractivity (Wildman–Crippen MR) is 29.1 cm³/mol. The maximum atomic E-state index is 5.00. The van der Waals surface area contributed by atoms with Crippen LogP contribution in [-0.2, 0) is 0 Å². The second-order valence-electron chi connectivity index (χ2n) is 0.214. The summed E-state index contributed by atoms with van der Waals surface area (Å²) in [4.78, 5) is 0. The van der Waals surface area contributed by atoms with Crippen LogP contribution in [0.1, 0.15) is 0 Å². The monoisotopic (exact) mass is 345 g/mol. The van der Waals surface area contributed by atoms with E-state index in [-0.39, 0.29) is 23.9 Å². The van der Waals surface area contributed by atoms with E-state index in [0.29, 0.717) is 0 Å². The van der Waals surface area contributed by atoms with Crippen LogP contribution in [0.15, 0.2) is 0 Å². The maximum absolute atomic E-state index is 5.00. The second kappa shape index (κ2) is 6.47. The summed E-state index contributed by atoms with van der Waals surface area (Å²) in [6.07, 6.45) is 0. The molecule has 29 valence electrons. The van der Waals surface area contributed by atoms with Crippen LogP contribution in [0.4, 0.5) is 0 Å². The first-order chi connectivity index (χ1) is 1.73. The summed E-state index contributed by atoms with van der Waals surface area (Å²) in [6.45, 7) is 0. The minimum atomic E-state index is -2.13. The average Bonchev–Trinajstić information content (AvgIpc) is 0.811. The van der Waals surface area contributed by atoms with Gasteiger partial charge in [-0.15, -0.1) is 0 Å². The Hall–Kier alpha value is 2.47. The molecule has 0 N–H and O–H groups in total. The van der Waals surface area contributed by atoms with Crippen molar-refractivity contribution in [3.63, 3.8) is 0 Å². The van der Waals surface area contributed by atoms with Crippen LogP contribution in [0.25, 0.3) is 0 Å². The number of hydrogen-bond acceptors (Lipinski definition) is 0. The van der Waals surface area contributed by atoms with E-state index in [2.05, 4.69) is 0 Å². The Morgan fingerprint density at radius 2 is 1.00 bits per heavy atom. The Balaban J connectivity index is 0. The molecule has 0 bridgehead atoms. The summed E-state index contributed by atoms with van der Waals surface area (Å²) in [5, 5.41) is 0. The molecule has 0 atom stereocenters. The van der Waals surface area contributed by atoms with Gasteiger partial charge < -0.3 is 0 Å². The Labute approximate surface area is 66.0 Å². The number of halogens is 3. The molecular weight excluding hydrogens is 344 g/mol. The van der Waals surface area contributed by atoms with Crippen LogP contribution in [0.5, 0.6) is 0 Å². The fourth-order valence-corrected chi connectivity index (χ4v) is 0. The zero-order valence-corrected chi connectivity index (χ0v) is 10.1. The van der Waals surface area contributed by atoms with E-state index >= 15 is 0 Å². The Bertz CT molecular complexity index is 9.61. The molecule has 0 heterocycles. The predicted octanol–water partition coefficient (Wildman–Crippen LogP) is 1.31. The minimum Gasteiger partial charge on any atom is 0 e. The van der Waals surface area contributed by atoms with Crippen LogP contribution < -0.4 is 0 Å². The maximum Gasteiger partial charge on any atom is 0 e. The van der Waals surface area contributed by atoms with Crippen LogP contribution >= 0.6 is 26.8 Å². The molecule has 5 radical (unpaired) electrons. The van der Waals surface area contributed by atoms with Crippen molar-refractivity contribution < 1.29 is 0 Å². The molecule has 0 spiro atoms. The van der Waals surface area contributed by atoms with Crippen molar-refractivity contribution in [1.29, 1.82) is 0 Å². The molecule has 0 fully saturated rings. The third-order valence-corrected chi connectivity index (χ3v) is 0. The molecule has 0 amide bonds. The summed E-state index contributed by atoms with van der Waals surface area (Å²) in [5.74, 6) is 0. The summed E-state index contributed by atoms with van der Waals surface area (Å²) in [7, 11) is 15.0. The first-order valence-corrected chi connectivity index (χ1v) is 11.4. The van der Waals surface area contributed by atoms with Gasteiger partial charge in [0, 0.05) is 23.9 Å². The summed E-state index contributed by atoms with van der Waals surface area (Å²) in [5.41, 5.74) is 0. The van der Waals surface area contributed by atoms with Gasteiger partial charge in [-0.1, -0.05) is 0 Å². The van der Waals surface area contributed by atoms with E-state index in [1.807, 2.05) is 0 Å². The Kier molecular flexibility index (Phi) is 13.5. The molecule has 5 heteroatoms. The van der Waals surface area contributed by atoms with Crippen molar-refractivity contribution >= 4 is 67.1 Å². The first kappa shape index (κ1) is 10.4. The van der Waals surface area contributed by atoms with Crippen molar-refractivity contribution in [2.75, 3.05) is 0 Å². The molecule has 0 aromatic carbocycles. The average molecular weight is 344 g/mol. The fourth-order valence-electron chi connectivity index (χ4n) is 0. The molecule has 0 unspecified atom stereocenters. The van der Waals surface area contributed by atoms with Crippen LogP contribution in [0.2, 0.25) is 0 Å². The summed E-state index contributed by atoms with van der Waals surface area (Å²) < 4.78 is 0. The zero-order valence-electron chi connectivity index (χ0n) is 2.13. The summed E-state index contributed by atoms with van der Waals surface area (Å²) >= 11 is -2.13. The van der Waals surface area contributed by atoms with Gasteiger partial charge >= 0.3 is 43.1 Å². The molecule has 0 aliphatic heterocycles. The van der Waals surface area contributed by atoms with Gasteiger partial charge in [-0.25, -0.2) is 0 Å². The normalized spacial score (nSPS) is 7.20. The molecule has 0 saturated heterocycles. The Morgan fingerprint density at radius 1 is 1.00 bits per heavy atom. The molecule has 0 rings (SSSR count). The van der Waals surface area contributed by atoms with Gasteiger partial charge in [0.25, 0.3) is 0 Å². The molecule has 0 aromatic rings. The van der Waals surface area contributed by atoms with Crippen LogP contribution in [-0.4, -0.2) is 40.3 Å². The van der Waals surface area contributed by atoms with Crippen molar-refractivity contribution in [2.45, 2.75) is 0 Å². The van der Waals surface area contributed by atoms with Crippen molar-refractivity contribution in [3.05, 3.63) is 0 Å². The fraction of sp³-hybridized carbons (Fsp3) is 0. The molecular formula is Cl3Sn2. The third kappa shape index (κ3) is 21.2. The minimum absolute atomic E-state index is 0. The third-order valence-electron chi connectivity index (χ3n) is 0. The van der Waals surface area contributed by atoms with Gasteiger partial charge in [0.05, 0.1) is 0 Å². The number of rotatable bonds is 0. The van der Waals surface area contributed by atoms with Crippen LogP contribution in [0.3, 0.4) is 0 Å². The van der Waals surface area contributed by atoms with Crippen molar-refractivity contribution in [2.24, 2.45) is 0 Å². The molecule has 0 aliphatic carbocycles. The van der Waals surface area contributed by atoms with E-state index in [1.54, 1.807) is 0 Å². The molecule has 0 saturated carbocycles. The van der Waals surface area contributed by atoms with Gasteiger partial charge in [-0.2, -0.15) is 0 Å². The molecule has 0 aromatic heterocycles. The van der Waals surface area contributed by atoms with Crippen molar-refractivity contribution in [3.8, 4) is 0 Å². The van der Waals surface area contributed by atoms with Crippen molar-refractivity contribution in [1.82, 2.24) is 0 Å². The van der Waals surface area contributed by atoms with Gasteiger partial charge in [0.2, 0.25) is 0 Å². The van der Waals surface area contributed by atoms with E-state index in [0.717, 1.165) is 0 Å². The van der Waals surface area contributed by atoms with Gasteiger partial charge in [-0.3, -0.25) is 0 Å². The smallest absolute Gasteiger partial charge is 0 e.